The van der Waals surface area contributed by atoms with Crippen LogP contribution in [0.15, 0.2) is 60.8 Å². The molecule has 5 nitrogen and oxygen atoms in total. The molecule has 2 aromatic carbocycles. The van der Waals surface area contributed by atoms with Crippen LogP contribution in [0.3, 0.4) is 0 Å². The number of hydrogen-bond donors (Lipinski definition) is 0. The second-order valence-corrected chi connectivity index (χ2v) is 7.11. The summed E-state index contributed by atoms with van der Waals surface area (Å²) < 4.78 is 11.2. The van der Waals surface area contributed by atoms with E-state index < -0.39 is 6.09 Å². The first-order valence-corrected chi connectivity index (χ1v) is 9.52. The lowest BCUT2D eigenvalue weighted by atomic mass is 10.0. The summed E-state index contributed by atoms with van der Waals surface area (Å²) in [6.45, 7) is 0.637. The average Bonchev–Trinajstić information content (AvgIpc) is 2.71. The number of benzene rings is 2. The monoisotopic (exact) mass is 414 g/mol. The van der Waals surface area contributed by atoms with E-state index in [1.807, 2.05) is 24.3 Å². The molecule has 142 valence electrons. The number of halogens is 2. The van der Waals surface area contributed by atoms with Gasteiger partial charge in [-0.1, -0.05) is 41.4 Å². The Balaban J connectivity index is 1.44. The van der Waals surface area contributed by atoms with Crippen LogP contribution in [-0.4, -0.2) is 17.6 Å². The summed E-state index contributed by atoms with van der Waals surface area (Å²) in [5.74, 6) is 1.19. The highest BCUT2D eigenvalue weighted by Crippen LogP contribution is 2.31. The molecule has 0 N–H and O–H groups in total. The molecule has 0 saturated carbocycles. The molecule has 0 atom stereocenters. The largest absolute Gasteiger partial charge is 0.438 e. The fourth-order valence-corrected chi connectivity index (χ4v) is 3.46. The Kier molecular flexibility index (Phi) is 5.37. The number of aryl methyl sites for hydroxylation is 1. The Morgan fingerprint density at radius 3 is 2.57 bits per heavy atom. The van der Waals surface area contributed by atoms with Crippen molar-refractivity contribution in [2.24, 2.45) is 0 Å². The highest BCUT2D eigenvalue weighted by Gasteiger charge is 2.23. The maximum atomic E-state index is 12.6. The molecule has 0 radical (unpaired) electrons. The van der Waals surface area contributed by atoms with Crippen LogP contribution in [0.2, 0.25) is 10.0 Å². The predicted octanol–water partition coefficient (Wildman–Crippen LogP) is 6.13. The van der Waals surface area contributed by atoms with Gasteiger partial charge in [-0.15, -0.1) is 0 Å². The quantitative estimate of drug-likeness (QED) is 0.516. The van der Waals surface area contributed by atoms with Crippen LogP contribution in [0, 0.1) is 0 Å². The van der Waals surface area contributed by atoms with Gasteiger partial charge in [-0.2, -0.15) is 0 Å². The van der Waals surface area contributed by atoms with Gasteiger partial charge in [-0.05, 0) is 54.8 Å². The van der Waals surface area contributed by atoms with Crippen LogP contribution < -0.4 is 14.4 Å². The molecule has 0 spiro atoms. The number of fused-ring (bicyclic) bond motifs is 1. The second-order valence-electron chi connectivity index (χ2n) is 6.27. The van der Waals surface area contributed by atoms with E-state index in [0.717, 1.165) is 24.1 Å². The van der Waals surface area contributed by atoms with E-state index in [1.165, 1.54) is 6.20 Å². The SMILES string of the molecule is O=C(Oc1ccc(Oc2ncc(Cl)cc2Cl)cc1)N1CCCc2ccccc21. The number of rotatable bonds is 3. The van der Waals surface area contributed by atoms with Gasteiger partial charge in [-0.3, -0.25) is 4.90 Å². The molecule has 0 aliphatic carbocycles. The van der Waals surface area contributed by atoms with Crippen molar-refractivity contribution in [3.63, 3.8) is 0 Å². The molecule has 0 bridgehead atoms. The van der Waals surface area contributed by atoms with Crippen molar-refractivity contribution < 1.29 is 14.3 Å². The van der Waals surface area contributed by atoms with Gasteiger partial charge in [0.25, 0.3) is 0 Å². The van der Waals surface area contributed by atoms with Crippen LogP contribution >= 0.6 is 23.2 Å². The molecule has 0 saturated heterocycles. The standard InChI is InChI=1S/C21H16Cl2N2O3/c22-15-12-18(23)20(24-13-15)27-16-7-9-17(10-8-16)28-21(26)25-11-3-5-14-4-1-2-6-19(14)25/h1-2,4,6-10,12-13H,3,5,11H2. The number of carbonyl (C=O) groups excluding carboxylic acids is 1. The Morgan fingerprint density at radius 1 is 1.04 bits per heavy atom. The second kappa shape index (κ2) is 8.09. The number of anilines is 1. The number of nitrogens with zero attached hydrogens (tertiary/aromatic N) is 2. The number of para-hydroxylation sites is 1. The highest BCUT2D eigenvalue weighted by molar-refractivity contribution is 6.35. The minimum Gasteiger partial charge on any atom is -0.438 e. The predicted molar refractivity (Wildman–Crippen MR) is 109 cm³/mol. The summed E-state index contributed by atoms with van der Waals surface area (Å²) in [4.78, 5) is 18.3. The van der Waals surface area contributed by atoms with Gasteiger partial charge in [0.15, 0.2) is 0 Å². The summed E-state index contributed by atoms with van der Waals surface area (Å²) >= 11 is 11.9. The zero-order chi connectivity index (χ0) is 19.5. The zero-order valence-corrected chi connectivity index (χ0v) is 16.3. The van der Waals surface area contributed by atoms with Gasteiger partial charge in [0, 0.05) is 12.7 Å². The average molecular weight is 415 g/mol. The molecular weight excluding hydrogens is 399 g/mol. The van der Waals surface area contributed by atoms with Crippen molar-refractivity contribution in [3.05, 3.63) is 76.4 Å². The lowest BCUT2D eigenvalue weighted by Gasteiger charge is -2.28. The summed E-state index contributed by atoms with van der Waals surface area (Å²) in [6, 6.07) is 16.1. The first-order chi connectivity index (χ1) is 13.6. The Hall–Kier alpha value is -2.76. The van der Waals surface area contributed by atoms with Crippen LogP contribution in [0.1, 0.15) is 12.0 Å². The van der Waals surface area contributed by atoms with Crippen molar-refractivity contribution in [3.8, 4) is 17.4 Å². The van der Waals surface area contributed by atoms with Gasteiger partial charge in [0.1, 0.15) is 16.5 Å². The molecule has 1 aromatic heterocycles. The summed E-state index contributed by atoms with van der Waals surface area (Å²) in [5.41, 5.74) is 2.06. The van der Waals surface area contributed by atoms with Crippen molar-refractivity contribution in [2.45, 2.75) is 12.8 Å². The third-order valence-corrected chi connectivity index (χ3v) is 4.83. The van der Waals surface area contributed by atoms with E-state index in [2.05, 4.69) is 4.98 Å². The molecular formula is C21H16Cl2N2O3. The molecule has 2 heterocycles. The fraction of sp³-hybridized carbons (Fsp3) is 0.143. The molecule has 3 aromatic rings. The number of ether oxygens (including phenoxy) is 2. The molecule has 28 heavy (non-hydrogen) atoms. The van der Waals surface area contributed by atoms with Gasteiger partial charge >= 0.3 is 6.09 Å². The number of hydrogen-bond acceptors (Lipinski definition) is 4. The molecule has 1 aliphatic heterocycles. The lowest BCUT2D eigenvalue weighted by Crippen LogP contribution is -2.37. The van der Waals surface area contributed by atoms with Gasteiger partial charge < -0.3 is 9.47 Å². The minimum atomic E-state index is -0.400. The molecule has 4 rings (SSSR count). The first kappa shape index (κ1) is 18.6. The topological polar surface area (TPSA) is 51.7 Å². The zero-order valence-electron chi connectivity index (χ0n) is 14.8. The van der Waals surface area contributed by atoms with E-state index in [-0.39, 0.29) is 5.88 Å². The van der Waals surface area contributed by atoms with E-state index in [9.17, 15) is 4.79 Å². The molecule has 1 amide bonds. The van der Waals surface area contributed by atoms with Crippen LogP contribution in [-0.2, 0) is 6.42 Å². The van der Waals surface area contributed by atoms with E-state index in [4.69, 9.17) is 32.7 Å². The Labute approximate surface area is 172 Å². The van der Waals surface area contributed by atoms with Crippen molar-refractivity contribution in [2.75, 3.05) is 11.4 Å². The molecule has 0 unspecified atom stereocenters. The third-order valence-electron chi connectivity index (χ3n) is 4.35. The van der Waals surface area contributed by atoms with Crippen molar-refractivity contribution in [1.82, 2.24) is 4.98 Å². The van der Waals surface area contributed by atoms with Crippen LogP contribution in [0.5, 0.6) is 17.4 Å². The summed E-state index contributed by atoms with van der Waals surface area (Å²) in [7, 11) is 0. The fourth-order valence-electron chi connectivity index (χ4n) is 3.04. The lowest BCUT2D eigenvalue weighted by molar-refractivity contribution is 0.207. The number of carbonyl (C=O) groups is 1. The maximum absolute atomic E-state index is 12.6. The van der Waals surface area contributed by atoms with E-state index >= 15 is 0 Å². The summed E-state index contributed by atoms with van der Waals surface area (Å²) in [5, 5.41) is 0.741. The van der Waals surface area contributed by atoms with Crippen LogP contribution in [0.4, 0.5) is 10.5 Å². The molecule has 1 aliphatic rings. The van der Waals surface area contributed by atoms with Crippen LogP contribution in [0.25, 0.3) is 0 Å². The number of aromatic nitrogens is 1. The number of pyridine rings is 1. The third kappa shape index (κ3) is 4.06. The van der Waals surface area contributed by atoms with Gasteiger partial charge in [0.05, 0.1) is 10.7 Å². The minimum absolute atomic E-state index is 0.251. The first-order valence-electron chi connectivity index (χ1n) is 8.76. The smallest absolute Gasteiger partial charge is 0.419 e. The number of amides is 1. The van der Waals surface area contributed by atoms with E-state index in [1.54, 1.807) is 35.2 Å². The van der Waals surface area contributed by atoms with Gasteiger partial charge in [-0.25, -0.2) is 9.78 Å². The molecule has 0 fully saturated rings. The Morgan fingerprint density at radius 2 is 1.79 bits per heavy atom. The van der Waals surface area contributed by atoms with Gasteiger partial charge in [0.2, 0.25) is 5.88 Å². The van der Waals surface area contributed by atoms with Crippen molar-refractivity contribution >= 4 is 35.0 Å². The Bertz CT molecular complexity index is 1010. The normalized spacial score (nSPS) is 13.0. The summed E-state index contributed by atoms with van der Waals surface area (Å²) in [6.07, 6.45) is 2.93. The molecule has 7 heteroatoms. The maximum Gasteiger partial charge on any atom is 0.419 e. The van der Waals surface area contributed by atoms with Crippen molar-refractivity contribution in [1.29, 1.82) is 0 Å². The highest BCUT2D eigenvalue weighted by atomic mass is 35.5. The van der Waals surface area contributed by atoms with E-state index in [0.29, 0.717) is 28.1 Å².